The van der Waals surface area contributed by atoms with Crippen LogP contribution in [0.5, 0.6) is 0 Å². The van der Waals surface area contributed by atoms with E-state index >= 15 is 0 Å². The second-order valence-electron chi connectivity index (χ2n) is 23.4. The molecule has 0 unspecified atom stereocenters. The van der Waals surface area contributed by atoms with Crippen LogP contribution in [0, 0.1) is 17.8 Å². The lowest BCUT2D eigenvalue weighted by atomic mass is 10.1. The highest BCUT2D eigenvalue weighted by atomic mass is 79.9. The summed E-state index contributed by atoms with van der Waals surface area (Å²) >= 11 is 3.32. The number of nitrogens with zero attached hydrogens (tertiary/aromatic N) is 15. The van der Waals surface area contributed by atoms with Crippen LogP contribution in [-0.4, -0.2) is 172 Å². The van der Waals surface area contributed by atoms with Crippen LogP contribution in [0.2, 0.25) is 0 Å². The largest absolute Gasteiger partial charge is 0.444 e. The van der Waals surface area contributed by atoms with Crippen LogP contribution < -0.4 is 38.5 Å². The Morgan fingerprint density at radius 1 is 0.524 bits per heavy atom. The van der Waals surface area contributed by atoms with E-state index in [1.807, 2.05) is 88.1 Å². The zero-order valence-electron chi connectivity index (χ0n) is 48.7. The van der Waals surface area contributed by atoms with Crippen molar-refractivity contribution < 1.29 is 33.4 Å². The molecule has 8 aromatic rings. The molecule has 3 aliphatic rings. The van der Waals surface area contributed by atoms with Gasteiger partial charge < -0.3 is 57.7 Å². The van der Waals surface area contributed by atoms with E-state index in [0.717, 1.165) is 29.9 Å². The standard InChI is InChI=1S/C21H28N8O3.C17H23BrN6O3.C16H20N8O/c1-12-8-28(20(31)32-21(2,3)4)10-15(12)25-17-14(18(22)30)7-24-29-11-16(26-19(17)29)13-6-23-27(5)9-13;1-9-6-23(16(26)27-17(2,3)4)7-11(9)21-13-10(14(19)25)5-20-24-8-12(18)22-15(13)24;1-9-3-18-6-12(9)21-14-11(15(17)25)5-20-24-8-13(22-16(14)24)10-4-19-23(2)7-10/h6-7,9,11-12,15,25H,8,10H2,1-5H3,(H2,22,30);5,8-9,11,21H,6-7H2,1-4H3,(H2,19,25);4-5,7-9,12,18,21H,3,6H2,1-2H3,(H2,17,25)/t12-,15+;9-,11+;9-,12+/m000/s1. The Morgan fingerprint density at radius 2 is 0.905 bits per heavy atom. The molecule has 0 saturated carbocycles. The first-order valence-corrected chi connectivity index (χ1v) is 28.0. The van der Waals surface area contributed by atoms with Crippen molar-refractivity contribution in [3.63, 3.8) is 0 Å². The fourth-order valence-electron chi connectivity index (χ4n) is 9.97. The molecule has 11 rings (SSSR count). The molecule has 0 spiro atoms. The number of ether oxygens (including phenoxy) is 2. The summed E-state index contributed by atoms with van der Waals surface area (Å²) in [6.07, 6.45) is 16.1. The average molecular weight is 1220 g/mol. The predicted molar refractivity (Wildman–Crippen MR) is 315 cm³/mol. The van der Waals surface area contributed by atoms with E-state index in [9.17, 15) is 24.0 Å². The molecule has 0 aromatic carbocycles. The second-order valence-corrected chi connectivity index (χ2v) is 24.2. The number of rotatable bonds is 11. The molecule has 6 atom stereocenters. The van der Waals surface area contributed by atoms with Gasteiger partial charge in [-0.1, -0.05) is 20.8 Å². The maximum atomic E-state index is 12.5. The van der Waals surface area contributed by atoms with Crippen LogP contribution in [0.15, 0.2) is 66.6 Å². The number of likely N-dealkylation sites (tertiary alicyclic amines) is 2. The van der Waals surface area contributed by atoms with Crippen molar-refractivity contribution in [2.75, 3.05) is 55.2 Å². The van der Waals surface area contributed by atoms with Gasteiger partial charge in [0.2, 0.25) is 0 Å². The Labute approximate surface area is 491 Å². The van der Waals surface area contributed by atoms with Gasteiger partial charge in [-0.2, -0.15) is 25.5 Å². The number of hydrogen-bond donors (Lipinski definition) is 7. The highest BCUT2D eigenvalue weighted by Crippen LogP contribution is 2.32. The number of fused-ring (bicyclic) bond motifs is 3. The topological polar surface area (TPSA) is 363 Å². The molecule has 29 nitrogen and oxygen atoms in total. The van der Waals surface area contributed by atoms with Gasteiger partial charge in [-0.15, -0.1) is 0 Å². The van der Waals surface area contributed by atoms with E-state index in [1.54, 1.807) is 57.5 Å². The van der Waals surface area contributed by atoms with Crippen molar-refractivity contribution in [3.05, 3.63) is 83.3 Å². The van der Waals surface area contributed by atoms with Crippen molar-refractivity contribution >= 4 is 79.8 Å². The third kappa shape index (κ3) is 13.4. The van der Waals surface area contributed by atoms with Gasteiger partial charge in [0.1, 0.15) is 15.8 Å². The van der Waals surface area contributed by atoms with Gasteiger partial charge in [0.05, 0.1) is 94.7 Å². The monoisotopic (exact) mass is 1220 g/mol. The minimum atomic E-state index is -0.608. The van der Waals surface area contributed by atoms with E-state index in [4.69, 9.17) is 26.7 Å². The highest BCUT2D eigenvalue weighted by molar-refractivity contribution is 9.10. The summed E-state index contributed by atoms with van der Waals surface area (Å²) in [5.41, 5.74) is 22.7. The molecule has 0 bridgehead atoms. The van der Waals surface area contributed by atoms with Gasteiger partial charge in [0, 0.05) is 88.5 Å². The van der Waals surface area contributed by atoms with Crippen molar-refractivity contribution in [1.29, 1.82) is 0 Å². The minimum absolute atomic E-state index is 0.0858. The fourth-order valence-corrected chi connectivity index (χ4v) is 10.3. The van der Waals surface area contributed by atoms with Crippen molar-refractivity contribution in [3.8, 4) is 22.5 Å². The number of primary amides is 3. The summed E-state index contributed by atoms with van der Waals surface area (Å²) in [5, 5.41) is 34.6. The number of imidazole rings is 3. The van der Waals surface area contributed by atoms with Crippen LogP contribution in [0.1, 0.15) is 93.4 Å². The number of nitrogens with one attached hydrogen (secondary N) is 4. The van der Waals surface area contributed by atoms with Gasteiger partial charge >= 0.3 is 12.2 Å². The molecule has 0 aliphatic carbocycles. The lowest BCUT2D eigenvalue weighted by Crippen LogP contribution is -2.36. The normalized spacial score (nSPS) is 19.7. The summed E-state index contributed by atoms with van der Waals surface area (Å²) in [6.45, 7) is 21.0. The SMILES string of the molecule is C[C@H]1CN(C(=O)OC(C)(C)C)C[C@H]1Nc1c(C(N)=O)cnn2cc(-c3cnn(C)c3)nc12.C[C@H]1CN(C(=O)OC(C)(C)C)C[C@H]1Nc1c(C(N)=O)cnn2cc(Br)nc12.C[C@H]1CNC[C@H]1Nc1c(C(N)=O)cnn2cc(-c3cnn(C)c3)nc12. The van der Waals surface area contributed by atoms with E-state index < -0.39 is 28.9 Å². The molecular formula is C54H71BrN22O7. The lowest BCUT2D eigenvalue weighted by molar-refractivity contribution is 0.0278. The zero-order chi connectivity index (χ0) is 60.7. The first-order chi connectivity index (χ1) is 39.6. The number of carbonyl (C=O) groups is 5. The Hall–Kier alpha value is -8.93. The zero-order valence-corrected chi connectivity index (χ0v) is 50.2. The van der Waals surface area contributed by atoms with Crippen LogP contribution in [-0.2, 0) is 23.6 Å². The van der Waals surface area contributed by atoms with Crippen molar-refractivity contribution in [2.24, 2.45) is 49.1 Å². The quantitative estimate of drug-likeness (QED) is 0.0943. The Morgan fingerprint density at radius 3 is 1.25 bits per heavy atom. The molecule has 11 heterocycles. The maximum absolute atomic E-state index is 12.5. The highest BCUT2D eigenvalue weighted by Gasteiger charge is 2.38. The van der Waals surface area contributed by atoms with E-state index in [0.29, 0.717) is 82.0 Å². The molecule has 10 N–H and O–H groups in total. The molecule has 3 fully saturated rings. The number of carbonyl (C=O) groups excluding carboxylic acids is 5. The first-order valence-electron chi connectivity index (χ1n) is 27.2. The van der Waals surface area contributed by atoms with Crippen molar-refractivity contribution in [1.82, 2.24) is 78.5 Å². The summed E-state index contributed by atoms with van der Waals surface area (Å²) in [5.74, 6) is -1.04. The summed E-state index contributed by atoms with van der Waals surface area (Å²) in [6, 6.07) is -0.00880. The molecule has 84 heavy (non-hydrogen) atoms. The number of aryl methyl sites for hydroxylation is 2. The predicted octanol–water partition coefficient (Wildman–Crippen LogP) is 4.40. The molecule has 8 aromatic heterocycles. The summed E-state index contributed by atoms with van der Waals surface area (Å²) < 4.78 is 19.8. The molecule has 0 radical (unpaired) electrons. The van der Waals surface area contributed by atoms with E-state index in [2.05, 4.69) is 84.6 Å². The Balaban J connectivity index is 0.000000152. The molecule has 5 amide bonds. The number of hydrogen-bond acceptors (Lipinski definition) is 19. The van der Waals surface area contributed by atoms with E-state index in [-0.39, 0.29) is 53.3 Å². The van der Waals surface area contributed by atoms with Gasteiger partial charge in [-0.05, 0) is 81.8 Å². The lowest BCUT2D eigenvalue weighted by Gasteiger charge is -2.24. The number of halogens is 1. The molecule has 3 aliphatic heterocycles. The van der Waals surface area contributed by atoms with Gasteiger partial charge in [0.25, 0.3) is 17.7 Å². The molecule has 3 saturated heterocycles. The molecule has 446 valence electrons. The van der Waals surface area contributed by atoms with Crippen LogP contribution in [0.3, 0.4) is 0 Å². The number of anilines is 3. The number of aromatic nitrogens is 13. The summed E-state index contributed by atoms with van der Waals surface area (Å²) in [7, 11) is 3.68. The Bertz CT molecular complexity index is 3780. The van der Waals surface area contributed by atoms with Gasteiger partial charge in [0.15, 0.2) is 16.9 Å². The van der Waals surface area contributed by atoms with Crippen LogP contribution in [0.25, 0.3) is 39.5 Å². The first kappa shape index (κ1) is 59.7. The summed E-state index contributed by atoms with van der Waals surface area (Å²) in [4.78, 5) is 77.8. The third-order valence-corrected chi connectivity index (χ3v) is 14.7. The second kappa shape index (κ2) is 23.7. The maximum Gasteiger partial charge on any atom is 0.410 e. The fraction of sp³-hybridized carbons (Fsp3) is 0.463. The minimum Gasteiger partial charge on any atom is -0.444 e. The van der Waals surface area contributed by atoms with Crippen LogP contribution in [0.4, 0.5) is 26.7 Å². The number of nitrogens with two attached hydrogens (primary N) is 3. The average Bonchev–Trinajstić information content (AvgIpc) is 2.53. The van der Waals surface area contributed by atoms with E-state index in [1.165, 1.54) is 18.6 Å². The third-order valence-electron chi connectivity index (χ3n) is 14.3. The number of amides is 5. The van der Waals surface area contributed by atoms with Crippen LogP contribution >= 0.6 is 15.9 Å². The van der Waals surface area contributed by atoms with Crippen molar-refractivity contribution in [2.45, 2.75) is 91.6 Å². The molecular weight excluding hydrogens is 1150 g/mol. The smallest absolute Gasteiger partial charge is 0.410 e. The van der Waals surface area contributed by atoms with Gasteiger partial charge in [-0.3, -0.25) is 23.7 Å². The van der Waals surface area contributed by atoms with Gasteiger partial charge in [-0.25, -0.2) is 38.1 Å². The molecule has 30 heteroatoms. The Kier molecular flexibility index (Phi) is 16.9.